The lowest BCUT2D eigenvalue weighted by Gasteiger charge is -2.12. The fourth-order valence-electron chi connectivity index (χ4n) is 1.48. The molecule has 18 heavy (non-hydrogen) atoms. The fourth-order valence-corrected chi connectivity index (χ4v) is 2.24. The van der Waals surface area contributed by atoms with Crippen LogP contribution in [0.15, 0.2) is 24.3 Å². The first kappa shape index (κ1) is 13.0. The molecule has 0 aliphatic rings. The molecule has 2 rings (SSSR count). The number of anilines is 1. The Hall–Kier alpha value is -1.42. The predicted octanol–water partition coefficient (Wildman–Crippen LogP) is 3.76. The number of aryl methyl sites for hydroxylation is 1. The van der Waals surface area contributed by atoms with Gasteiger partial charge in [0.05, 0.1) is 0 Å². The van der Waals surface area contributed by atoms with E-state index in [9.17, 15) is 0 Å². The van der Waals surface area contributed by atoms with E-state index in [0.29, 0.717) is 0 Å². The van der Waals surface area contributed by atoms with Gasteiger partial charge in [-0.25, -0.2) is 4.98 Å². The molecule has 0 spiro atoms. The van der Waals surface area contributed by atoms with Gasteiger partial charge in [-0.3, -0.25) is 0 Å². The third kappa shape index (κ3) is 3.29. The Morgan fingerprint density at radius 3 is 2.39 bits per heavy atom. The number of rotatable bonds is 3. The van der Waals surface area contributed by atoms with Crippen molar-refractivity contribution in [2.75, 3.05) is 5.32 Å². The van der Waals surface area contributed by atoms with Crippen LogP contribution in [0.4, 0.5) is 5.13 Å². The van der Waals surface area contributed by atoms with Crippen molar-refractivity contribution in [1.82, 2.24) is 9.36 Å². The van der Waals surface area contributed by atoms with Gasteiger partial charge >= 0.3 is 0 Å². The van der Waals surface area contributed by atoms with E-state index in [1.54, 1.807) is 0 Å². The van der Waals surface area contributed by atoms with Crippen molar-refractivity contribution in [2.24, 2.45) is 0 Å². The summed E-state index contributed by atoms with van der Waals surface area (Å²) in [5.41, 5.74) is 2.55. The number of nitrogens with zero attached hydrogens (tertiary/aromatic N) is 2. The largest absolute Gasteiger partial charge is 0.356 e. The van der Waals surface area contributed by atoms with Crippen molar-refractivity contribution in [2.45, 2.75) is 39.7 Å². The summed E-state index contributed by atoms with van der Waals surface area (Å²) in [6, 6.07) is 8.51. The molecular weight excluding hydrogens is 242 g/mol. The first-order valence-corrected chi connectivity index (χ1v) is 6.86. The number of aromatic nitrogens is 2. The number of hydrogen-bond acceptors (Lipinski definition) is 4. The highest BCUT2D eigenvalue weighted by Gasteiger charge is 2.19. The molecule has 0 radical (unpaired) electrons. The Balaban J connectivity index is 1.98. The normalized spacial score (nSPS) is 11.6. The van der Waals surface area contributed by atoms with E-state index in [4.69, 9.17) is 0 Å². The zero-order valence-electron chi connectivity index (χ0n) is 11.3. The molecule has 3 nitrogen and oxygen atoms in total. The summed E-state index contributed by atoms with van der Waals surface area (Å²) in [5, 5.41) is 4.21. The molecule has 0 fully saturated rings. The lowest BCUT2D eigenvalue weighted by atomic mass is 9.96. The summed E-state index contributed by atoms with van der Waals surface area (Å²) in [4.78, 5) is 4.51. The van der Waals surface area contributed by atoms with Crippen LogP contribution in [0.2, 0.25) is 0 Å². The maximum absolute atomic E-state index is 4.51. The zero-order chi connectivity index (χ0) is 13.2. The van der Waals surface area contributed by atoms with Crippen molar-refractivity contribution in [3.8, 4) is 0 Å². The van der Waals surface area contributed by atoms with Crippen molar-refractivity contribution >= 4 is 16.7 Å². The van der Waals surface area contributed by atoms with E-state index in [0.717, 1.165) is 17.5 Å². The minimum atomic E-state index is 0.0142. The van der Waals surface area contributed by atoms with E-state index in [-0.39, 0.29) is 5.41 Å². The summed E-state index contributed by atoms with van der Waals surface area (Å²) in [6.45, 7) is 9.26. The Bertz CT molecular complexity index is 509. The molecule has 0 saturated carbocycles. The van der Waals surface area contributed by atoms with Crippen molar-refractivity contribution < 1.29 is 0 Å². The van der Waals surface area contributed by atoms with Crippen LogP contribution in [-0.4, -0.2) is 9.36 Å². The molecule has 1 heterocycles. The highest BCUT2D eigenvalue weighted by Crippen LogP contribution is 2.23. The van der Waals surface area contributed by atoms with Crippen LogP contribution in [0.25, 0.3) is 0 Å². The lowest BCUT2D eigenvalue weighted by molar-refractivity contribution is 0.555. The van der Waals surface area contributed by atoms with E-state index in [1.165, 1.54) is 22.7 Å². The fraction of sp³-hybridized carbons (Fsp3) is 0.429. The summed E-state index contributed by atoms with van der Waals surface area (Å²) in [7, 11) is 0. The molecule has 1 aromatic carbocycles. The van der Waals surface area contributed by atoms with Gasteiger partial charge in [-0.15, -0.1) is 0 Å². The van der Waals surface area contributed by atoms with Crippen LogP contribution in [0.1, 0.15) is 37.7 Å². The van der Waals surface area contributed by atoms with Gasteiger partial charge in [0.25, 0.3) is 0 Å². The highest BCUT2D eigenvalue weighted by molar-refractivity contribution is 7.09. The van der Waals surface area contributed by atoms with Gasteiger partial charge in [0.15, 0.2) is 0 Å². The lowest BCUT2D eigenvalue weighted by Crippen LogP contribution is -2.13. The van der Waals surface area contributed by atoms with E-state index < -0.39 is 0 Å². The maximum atomic E-state index is 4.51. The summed E-state index contributed by atoms with van der Waals surface area (Å²) < 4.78 is 4.38. The average molecular weight is 261 g/mol. The van der Waals surface area contributed by atoms with Crippen molar-refractivity contribution in [3.63, 3.8) is 0 Å². The summed E-state index contributed by atoms with van der Waals surface area (Å²) in [6.07, 6.45) is 0. The Morgan fingerprint density at radius 2 is 1.83 bits per heavy atom. The molecule has 0 amide bonds. The SMILES string of the molecule is Cc1ccc(CNc2nc(C(C)(C)C)ns2)cc1. The van der Waals surface area contributed by atoms with Gasteiger partial charge in [0.1, 0.15) is 5.82 Å². The molecule has 0 unspecified atom stereocenters. The standard InChI is InChI=1S/C14H19N3S/c1-10-5-7-11(8-6-10)9-15-13-16-12(17-18-13)14(2,3)4/h5-8H,9H2,1-4H3,(H,15,16,17). The second-order valence-electron chi connectivity index (χ2n) is 5.51. The van der Waals surface area contributed by atoms with Crippen LogP contribution in [0.5, 0.6) is 0 Å². The predicted molar refractivity (Wildman–Crippen MR) is 77.1 cm³/mol. The van der Waals surface area contributed by atoms with Crippen LogP contribution < -0.4 is 5.32 Å². The summed E-state index contributed by atoms with van der Waals surface area (Å²) >= 11 is 1.43. The Kier molecular flexibility index (Phi) is 3.66. The maximum Gasteiger partial charge on any atom is 0.202 e. The molecule has 0 saturated heterocycles. The van der Waals surface area contributed by atoms with Gasteiger partial charge in [0.2, 0.25) is 5.13 Å². The minimum absolute atomic E-state index is 0.0142. The third-order valence-electron chi connectivity index (χ3n) is 2.66. The van der Waals surface area contributed by atoms with Gasteiger partial charge in [-0.2, -0.15) is 4.37 Å². The van der Waals surface area contributed by atoms with Gasteiger partial charge < -0.3 is 5.32 Å². The topological polar surface area (TPSA) is 37.8 Å². The Morgan fingerprint density at radius 1 is 1.17 bits per heavy atom. The molecule has 0 bridgehead atoms. The molecule has 1 aromatic heterocycles. The molecule has 0 aliphatic carbocycles. The second-order valence-corrected chi connectivity index (χ2v) is 6.26. The van der Waals surface area contributed by atoms with E-state index >= 15 is 0 Å². The zero-order valence-corrected chi connectivity index (χ0v) is 12.1. The van der Waals surface area contributed by atoms with Gasteiger partial charge in [0, 0.05) is 23.5 Å². The monoisotopic (exact) mass is 261 g/mol. The van der Waals surface area contributed by atoms with Crippen molar-refractivity contribution in [1.29, 1.82) is 0 Å². The smallest absolute Gasteiger partial charge is 0.202 e. The molecule has 4 heteroatoms. The molecular formula is C14H19N3S. The van der Waals surface area contributed by atoms with Crippen molar-refractivity contribution in [3.05, 3.63) is 41.2 Å². The number of hydrogen-bond donors (Lipinski definition) is 1. The van der Waals surface area contributed by atoms with Crippen LogP contribution in [0.3, 0.4) is 0 Å². The quantitative estimate of drug-likeness (QED) is 0.914. The first-order valence-electron chi connectivity index (χ1n) is 6.09. The van der Waals surface area contributed by atoms with E-state index in [2.05, 4.69) is 66.6 Å². The molecule has 2 aromatic rings. The average Bonchev–Trinajstić information content (AvgIpc) is 2.77. The molecule has 96 valence electrons. The van der Waals surface area contributed by atoms with Crippen LogP contribution >= 0.6 is 11.5 Å². The van der Waals surface area contributed by atoms with Crippen LogP contribution in [-0.2, 0) is 12.0 Å². The second kappa shape index (κ2) is 5.06. The number of benzene rings is 1. The molecule has 0 aliphatic heterocycles. The molecule has 0 atom stereocenters. The Labute approximate surface area is 112 Å². The third-order valence-corrected chi connectivity index (χ3v) is 3.33. The number of nitrogens with one attached hydrogen (secondary N) is 1. The molecule has 1 N–H and O–H groups in total. The van der Waals surface area contributed by atoms with Gasteiger partial charge in [-0.05, 0) is 12.5 Å². The summed E-state index contributed by atoms with van der Waals surface area (Å²) in [5.74, 6) is 0.902. The van der Waals surface area contributed by atoms with Crippen LogP contribution in [0, 0.1) is 6.92 Å². The van der Waals surface area contributed by atoms with Gasteiger partial charge in [-0.1, -0.05) is 50.6 Å². The van der Waals surface area contributed by atoms with E-state index in [1.807, 2.05) is 0 Å². The first-order chi connectivity index (χ1) is 8.45. The minimum Gasteiger partial charge on any atom is -0.356 e. The highest BCUT2D eigenvalue weighted by atomic mass is 32.1.